The van der Waals surface area contributed by atoms with Crippen molar-refractivity contribution < 1.29 is 4.39 Å². The maximum atomic E-state index is 14.2. The Bertz CT molecular complexity index is 929. The van der Waals surface area contributed by atoms with E-state index in [0.29, 0.717) is 5.56 Å². The largest absolute Gasteiger partial charge is 0.206 e. The lowest BCUT2D eigenvalue weighted by Gasteiger charge is -2.26. The molecule has 0 aromatic heterocycles. The summed E-state index contributed by atoms with van der Waals surface area (Å²) in [5.74, 6) is 1.51. The van der Waals surface area contributed by atoms with Crippen molar-refractivity contribution in [2.75, 3.05) is 0 Å². The fourth-order valence-corrected chi connectivity index (χ4v) is 4.54. The molecule has 3 aromatic rings. The molecule has 4 rings (SSSR count). The fraction of sp³-hybridized carbons (Fsp3) is 0.357. The fourth-order valence-electron chi connectivity index (χ4n) is 4.54. The van der Waals surface area contributed by atoms with Crippen LogP contribution in [0.5, 0.6) is 0 Å². The van der Waals surface area contributed by atoms with Crippen LogP contribution < -0.4 is 0 Å². The van der Waals surface area contributed by atoms with Crippen LogP contribution in [-0.4, -0.2) is 0 Å². The standard InChI is InChI=1S/C28H31F/c1-20-3-12-24(13-4-20)25-14-8-22(9-15-25)6-7-23-10-16-26(17-11-23)27-18-5-21(2)19-28(27)29/h5,8-11,14-20,24H,3-4,6-7,12-13H2,1-2H3. The highest BCUT2D eigenvalue weighted by Gasteiger charge is 2.19. The van der Waals surface area contributed by atoms with Gasteiger partial charge in [0.15, 0.2) is 0 Å². The van der Waals surface area contributed by atoms with Gasteiger partial charge in [-0.1, -0.05) is 80.4 Å². The van der Waals surface area contributed by atoms with Gasteiger partial charge in [0, 0.05) is 5.56 Å². The Morgan fingerprint density at radius 2 is 1.34 bits per heavy atom. The van der Waals surface area contributed by atoms with E-state index in [2.05, 4.69) is 43.3 Å². The third-order valence-corrected chi connectivity index (χ3v) is 6.56. The third kappa shape index (κ3) is 4.96. The molecule has 1 aliphatic carbocycles. The maximum Gasteiger partial charge on any atom is 0.131 e. The lowest BCUT2D eigenvalue weighted by atomic mass is 9.79. The zero-order chi connectivity index (χ0) is 20.2. The molecule has 29 heavy (non-hydrogen) atoms. The highest BCUT2D eigenvalue weighted by atomic mass is 19.1. The monoisotopic (exact) mass is 386 g/mol. The summed E-state index contributed by atoms with van der Waals surface area (Å²) >= 11 is 0. The molecule has 0 amide bonds. The van der Waals surface area contributed by atoms with Crippen LogP contribution in [0.2, 0.25) is 0 Å². The Labute approximate surface area is 174 Å². The number of hydrogen-bond donors (Lipinski definition) is 0. The minimum absolute atomic E-state index is 0.148. The van der Waals surface area contributed by atoms with E-state index in [9.17, 15) is 4.39 Å². The molecule has 1 fully saturated rings. The Balaban J connectivity index is 1.35. The van der Waals surface area contributed by atoms with E-state index in [1.54, 1.807) is 6.07 Å². The summed E-state index contributed by atoms with van der Waals surface area (Å²) in [5.41, 5.74) is 6.78. The van der Waals surface area contributed by atoms with Crippen molar-refractivity contribution in [2.24, 2.45) is 5.92 Å². The Kier molecular flexibility index (Phi) is 6.13. The van der Waals surface area contributed by atoms with Crippen LogP contribution in [0.25, 0.3) is 11.1 Å². The molecule has 0 unspecified atom stereocenters. The molecule has 0 spiro atoms. The van der Waals surface area contributed by atoms with E-state index in [0.717, 1.165) is 35.8 Å². The van der Waals surface area contributed by atoms with Crippen LogP contribution in [-0.2, 0) is 12.8 Å². The van der Waals surface area contributed by atoms with E-state index in [-0.39, 0.29) is 5.82 Å². The van der Waals surface area contributed by atoms with Crippen LogP contribution in [0.1, 0.15) is 60.8 Å². The molecule has 0 radical (unpaired) electrons. The molecule has 0 N–H and O–H groups in total. The lowest BCUT2D eigenvalue weighted by molar-refractivity contribution is 0.348. The average Bonchev–Trinajstić information content (AvgIpc) is 2.74. The van der Waals surface area contributed by atoms with Gasteiger partial charge in [0.2, 0.25) is 0 Å². The third-order valence-electron chi connectivity index (χ3n) is 6.56. The van der Waals surface area contributed by atoms with Crippen molar-refractivity contribution in [3.8, 4) is 11.1 Å². The second kappa shape index (κ2) is 8.95. The first kappa shape index (κ1) is 19.9. The van der Waals surface area contributed by atoms with Crippen molar-refractivity contribution in [3.63, 3.8) is 0 Å². The number of hydrogen-bond acceptors (Lipinski definition) is 0. The topological polar surface area (TPSA) is 0 Å². The van der Waals surface area contributed by atoms with Gasteiger partial charge >= 0.3 is 0 Å². The molecule has 1 saturated carbocycles. The van der Waals surface area contributed by atoms with E-state index < -0.39 is 0 Å². The van der Waals surface area contributed by atoms with Crippen molar-refractivity contribution in [1.82, 2.24) is 0 Å². The van der Waals surface area contributed by atoms with E-state index in [1.807, 2.05) is 31.2 Å². The van der Waals surface area contributed by atoms with Crippen LogP contribution in [0, 0.1) is 18.7 Å². The number of aryl methyl sites for hydroxylation is 3. The first-order chi connectivity index (χ1) is 14.1. The van der Waals surface area contributed by atoms with Gasteiger partial charge in [0.05, 0.1) is 0 Å². The zero-order valence-corrected chi connectivity index (χ0v) is 17.6. The second-order valence-electron chi connectivity index (χ2n) is 8.88. The van der Waals surface area contributed by atoms with E-state index in [4.69, 9.17) is 0 Å². The summed E-state index contributed by atoms with van der Waals surface area (Å²) in [6.07, 6.45) is 7.48. The number of halogens is 1. The Morgan fingerprint density at radius 3 is 1.93 bits per heavy atom. The highest BCUT2D eigenvalue weighted by Crippen LogP contribution is 2.35. The molecular weight excluding hydrogens is 355 g/mol. The summed E-state index contributed by atoms with van der Waals surface area (Å²) < 4.78 is 14.2. The van der Waals surface area contributed by atoms with E-state index >= 15 is 0 Å². The number of benzene rings is 3. The summed E-state index contributed by atoms with van der Waals surface area (Å²) in [6.45, 7) is 4.29. The SMILES string of the molecule is Cc1ccc(-c2ccc(CCc3ccc(C4CCC(C)CC4)cc3)cc2)c(F)c1. The van der Waals surface area contributed by atoms with Crippen LogP contribution in [0.3, 0.4) is 0 Å². The van der Waals surface area contributed by atoms with Crippen LogP contribution in [0.15, 0.2) is 66.7 Å². The molecule has 150 valence electrons. The van der Waals surface area contributed by atoms with Gasteiger partial charge < -0.3 is 0 Å². The summed E-state index contributed by atoms with van der Waals surface area (Å²) in [6, 6.07) is 23.1. The van der Waals surface area contributed by atoms with Gasteiger partial charge in [-0.15, -0.1) is 0 Å². The smallest absolute Gasteiger partial charge is 0.131 e. The molecular formula is C28H31F. The molecule has 0 atom stereocenters. The predicted molar refractivity (Wildman–Crippen MR) is 121 cm³/mol. The molecule has 3 aromatic carbocycles. The van der Waals surface area contributed by atoms with Gasteiger partial charge in [-0.2, -0.15) is 0 Å². The van der Waals surface area contributed by atoms with Gasteiger partial charge in [-0.05, 0) is 78.3 Å². The van der Waals surface area contributed by atoms with Gasteiger partial charge in [-0.3, -0.25) is 0 Å². The molecule has 0 nitrogen and oxygen atoms in total. The van der Waals surface area contributed by atoms with Crippen LogP contribution >= 0.6 is 0 Å². The normalized spacial score (nSPS) is 19.3. The minimum Gasteiger partial charge on any atom is -0.206 e. The quantitative estimate of drug-likeness (QED) is 0.418. The molecule has 0 aliphatic heterocycles. The van der Waals surface area contributed by atoms with Crippen LogP contribution in [0.4, 0.5) is 4.39 Å². The summed E-state index contributed by atoms with van der Waals surface area (Å²) in [7, 11) is 0. The summed E-state index contributed by atoms with van der Waals surface area (Å²) in [4.78, 5) is 0. The molecule has 0 bridgehead atoms. The first-order valence-corrected chi connectivity index (χ1v) is 11.0. The maximum absolute atomic E-state index is 14.2. The van der Waals surface area contributed by atoms with Crippen molar-refractivity contribution in [1.29, 1.82) is 0 Å². The van der Waals surface area contributed by atoms with Gasteiger partial charge in [-0.25, -0.2) is 4.39 Å². The van der Waals surface area contributed by atoms with Crippen molar-refractivity contribution in [2.45, 2.75) is 58.3 Å². The average molecular weight is 387 g/mol. The summed E-state index contributed by atoms with van der Waals surface area (Å²) in [5, 5.41) is 0. The van der Waals surface area contributed by atoms with Gasteiger partial charge in [0.25, 0.3) is 0 Å². The Hall–Kier alpha value is -2.41. The predicted octanol–water partition coefficient (Wildman–Crippen LogP) is 7.88. The van der Waals surface area contributed by atoms with Crippen molar-refractivity contribution >= 4 is 0 Å². The second-order valence-corrected chi connectivity index (χ2v) is 8.88. The molecule has 0 heterocycles. The molecule has 1 heteroatoms. The van der Waals surface area contributed by atoms with Crippen molar-refractivity contribution in [3.05, 3.63) is 94.8 Å². The zero-order valence-electron chi connectivity index (χ0n) is 17.6. The number of rotatable bonds is 5. The molecule has 0 saturated heterocycles. The Morgan fingerprint density at radius 1 is 0.759 bits per heavy atom. The van der Waals surface area contributed by atoms with E-state index in [1.165, 1.54) is 42.4 Å². The lowest BCUT2D eigenvalue weighted by Crippen LogP contribution is -2.10. The van der Waals surface area contributed by atoms with Gasteiger partial charge in [0.1, 0.15) is 5.82 Å². The highest BCUT2D eigenvalue weighted by molar-refractivity contribution is 5.64. The molecule has 1 aliphatic rings. The minimum atomic E-state index is -0.148. The first-order valence-electron chi connectivity index (χ1n) is 11.0.